The fourth-order valence-corrected chi connectivity index (χ4v) is 1.01. The first-order valence-corrected chi connectivity index (χ1v) is 4.44. The SMILES string of the molecule is C#CC(CO)Nc1ncncc1C(=O)OC. The van der Waals surface area contributed by atoms with Crippen LogP contribution in [0.3, 0.4) is 0 Å². The molecule has 0 amide bonds. The number of anilines is 1. The van der Waals surface area contributed by atoms with Gasteiger partial charge in [0.25, 0.3) is 0 Å². The molecule has 0 bridgehead atoms. The van der Waals surface area contributed by atoms with E-state index < -0.39 is 12.0 Å². The van der Waals surface area contributed by atoms with E-state index in [0.29, 0.717) is 0 Å². The Morgan fingerprint density at radius 3 is 3.12 bits per heavy atom. The summed E-state index contributed by atoms with van der Waals surface area (Å²) in [5.41, 5.74) is 0.165. The van der Waals surface area contributed by atoms with Gasteiger partial charge in [-0.2, -0.15) is 0 Å². The van der Waals surface area contributed by atoms with Crippen molar-refractivity contribution in [1.82, 2.24) is 9.97 Å². The predicted molar refractivity (Wildman–Crippen MR) is 56.7 cm³/mol. The molecule has 0 fully saturated rings. The first-order chi connectivity index (χ1) is 7.72. The highest BCUT2D eigenvalue weighted by molar-refractivity contribution is 5.94. The second-order valence-electron chi connectivity index (χ2n) is 2.82. The number of rotatable bonds is 4. The van der Waals surface area contributed by atoms with Gasteiger partial charge in [-0.25, -0.2) is 14.8 Å². The van der Waals surface area contributed by atoms with E-state index in [4.69, 9.17) is 11.5 Å². The van der Waals surface area contributed by atoms with Crippen LogP contribution in [0, 0.1) is 12.3 Å². The lowest BCUT2D eigenvalue weighted by atomic mass is 10.2. The van der Waals surface area contributed by atoms with E-state index in [1.165, 1.54) is 19.6 Å². The number of esters is 1. The molecule has 1 aromatic heterocycles. The standard InChI is InChI=1S/C10H11N3O3/c1-3-7(5-14)13-9-8(10(15)16-2)4-11-6-12-9/h1,4,6-7,14H,5H2,2H3,(H,11,12,13). The molecule has 0 saturated carbocycles. The Morgan fingerprint density at radius 1 is 1.81 bits per heavy atom. The normalized spacial score (nSPS) is 11.3. The summed E-state index contributed by atoms with van der Waals surface area (Å²) in [6.07, 6.45) is 7.73. The van der Waals surface area contributed by atoms with Crippen molar-refractivity contribution in [3.63, 3.8) is 0 Å². The first-order valence-electron chi connectivity index (χ1n) is 4.44. The Kier molecular flexibility index (Phi) is 4.24. The van der Waals surface area contributed by atoms with Crippen molar-refractivity contribution in [1.29, 1.82) is 0 Å². The van der Waals surface area contributed by atoms with E-state index in [9.17, 15) is 4.79 Å². The fourth-order valence-electron chi connectivity index (χ4n) is 1.01. The quantitative estimate of drug-likeness (QED) is 0.535. The second-order valence-corrected chi connectivity index (χ2v) is 2.82. The number of carbonyl (C=O) groups excluding carboxylic acids is 1. The van der Waals surface area contributed by atoms with Crippen LogP contribution in [0.25, 0.3) is 0 Å². The molecule has 2 N–H and O–H groups in total. The minimum atomic E-state index is -0.613. The molecular formula is C10H11N3O3. The van der Waals surface area contributed by atoms with E-state index in [0.717, 1.165) is 0 Å². The zero-order valence-electron chi connectivity index (χ0n) is 8.67. The maximum absolute atomic E-state index is 11.3. The molecule has 0 saturated heterocycles. The first kappa shape index (κ1) is 11.9. The molecule has 0 aliphatic heterocycles. The number of nitrogens with one attached hydrogen (secondary N) is 1. The lowest BCUT2D eigenvalue weighted by molar-refractivity contribution is 0.0601. The van der Waals surface area contributed by atoms with Gasteiger partial charge >= 0.3 is 5.97 Å². The van der Waals surface area contributed by atoms with Crippen molar-refractivity contribution >= 4 is 11.8 Å². The van der Waals surface area contributed by atoms with Gasteiger partial charge in [-0.3, -0.25) is 0 Å². The Morgan fingerprint density at radius 2 is 2.56 bits per heavy atom. The van der Waals surface area contributed by atoms with E-state index >= 15 is 0 Å². The van der Waals surface area contributed by atoms with Gasteiger partial charge in [0.15, 0.2) is 0 Å². The Labute approximate surface area is 92.7 Å². The number of nitrogens with zero attached hydrogens (tertiary/aromatic N) is 2. The summed E-state index contributed by atoms with van der Waals surface area (Å²) in [5, 5.41) is 11.6. The Hall–Kier alpha value is -2.13. The maximum Gasteiger partial charge on any atom is 0.343 e. The minimum absolute atomic E-state index is 0.165. The van der Waals surface area contributed by atoms with Crippen LogP contribution in [0.4, 0.5) is 5.82 Å². The van der Waals surface area contributed by atoms with Crippen molar-refractivity contribution in [2.75, 3.05) is 19.0 Å². The summed E-state index contributed by atoms with van der Waals surface area (Å²) in [5.74, 6) is 1.97. The maximum atomic E-state index is 11.3. The number of ether oxygens (including phenoxy) is 1. The molecule has 0 aromatic carbocycles. The molecule has 6 heteroatoms. The average Bonchev–Trinajstić information content (AvgIpc) is 2.35. The molecule has 0 radical (unpaired) electrons. The number of carbonyl (C=O) groups is 1. The van der Waals surface area contributed by atoms with Crippen LogP contribution < -0.4 is 5.32 Å². The minimum Gasteiger partial charge on any atom is -0.465 e. The molecule has 84 valence electrons. The molecule has 6 nitrogen and oxygen atoms in total. The molecule has 0 spiro atoms. The van der Waals surface area contributed by atoms with Crippen LogP contribution in [0.15, 0.2) is 12.5 Å². The van der Waals surface area contributed by atoms with Crippen molar-refractivity contribution < 1.29 is 14.6 Å². The summed E-state index contributed by atoms with van der Waals surface area (Å²) >= 11 is 0. The van der Waals surface area contributed by atoms with Crippen LogP contribution >= 0.6 is 0 Å². The molecule has 0 aliphatic carbocycles. The van der Waals surface area contributed by atoms with Crippen LogP contribution in [-0.2, 0) is 4.74 Å². The molecule has 1 heterocycles. The van der Waals surface area contributed by atoms with Gasteiger partial charge in [0.2, 0.25) is 0 Å². The van der Waals surface area contributed by atoms with Crippen molar-refractivity contribution in [3.8, 4) is 12.3 Å². The average molecular weight is 221 g/mol. The molecule has 1 atom stereocenters. The summed E-state index contributed by atoms with van der Waals surface area (Å²) in [7, 11) is 1.25. The van der Waals surface area contributed by atoms with Crippen molar-refractivity contribution in [2.45, 2.75) is 6.04 Å². The Balaban J connectivity index is 2.96. The third kappa shape index (κ3) is 2.68. The third-order valence-electron chi connectivity index (χ3n) is 1.81. The van der Waals surface area contributed by atoms with Gasteiger partial charge in [-0.05, 0) is 0 Å². The molecule has 1 rings (SSSR count). The second kappa shape index (κ2) is 5.68. The zero-order chi connectivity index (χ0) is 12.0. The summed E-state index contributed by atoms with van der Waals surface area (Å²) in [6, 6.07) is -0.613. The fraction of sp³-hybridized carbons (Fsp3) is 0.300. The predicted octanol–water partition coefficient (Wildman–Crippen LogP) is -0.331. The molecule has 1 unspecified atom stereocenters. The summed E-state index contributed by atoms with van der Waals surface area (Å²) < 4.78 is 4.55. The van der Waals surface area contributed by atoms with Gasteiger partial charge in [-0.15, -0.1) is 6.42 Å². The lowest BCUT2D eigenvalue weighted by Crippen LogP contribution is -2.24. The van der Waals surface area contributed by atoms with Gasteiger partial charge in [0.05, 0.1) is 13.7 Å². The van der Waals surface area contributed by atoms with Crippen molar-refractivity contribution in [3.05, 3.63) is 18.1 Å². The summed E-state index contributed by atoms with van der Waals surface area (Å²) in [4.78, 5) is 18.9. The van der Waals surface area contributed by atoms with E-state index in [-0.39, 0.29) is 18.0 Å². The zero-order valence-corrected chi connectivity index (χ0v) is 8.67. The van der Waals surface area contributed by atoms with Gasteiger partial charge in [0.1, 0.15) is 23.8 Å². The molecule has 16 heavy (non-hydrogen) atoms. The topological polar surface area (TPSA) is 84.3 Å². The highest BCUT2D eigenvalue weighted by Gasteiger charge is 2.15. The van der Waals surface area contributed by atoms with Gasteiger partial charge < -0.3 is 15.2 Å². The number of aliphatic hydroxyl groups is 1. The van der Waals surface area contributed by atoms with Gasteiger partial charge in [-0.1, -0.05) is 5.92 Å². The number of aromatic nitrogens is 2. The van der Waals surface area contributed by atoms with Crippen LogP contribution in [0.5, 0.6) is 0 Å². The number of aliphatic hydroxyl groups excluding tert-OH is 1. The molecule has 0 aliphatic rings. The van der Waals surface area contributed by atoms with E-state index in [1.54, 1.807) is 0 Å². The van der Waals surface area contributed by atoms with Crippen LogP contribution in [0.1, 0.15) is 10.4 Å². The Bertz CT molecular complexity index is 414. The number of hydrogen-bond donors (Lipinski definition) is 2. The lowest BCUT2D eigenvalue weighted by Gasteiger charge is -2.12. The number of terminal acetylenes is 1. The monoisotopic (exact) mass is 221 g/mol. The van der Waals surface area contributed by atoms with Gasteiger partial charge in [0, 0.05) is 6.20 Å². The largest absolute Gasteiger partial charge is 0.465 e. The number of hydrogen-bond acceptors (Lipinski definition) is 6. The van der Waals surface area contributed by atoms with E-state index in [2.05, 4.69) is 25.9 Å². The third-order valence-corrected chi connectivity index (χ3v) is 1.81. The molecular weight excluding hydrogens is 210 g/mol. The van der Waals surface area contributed by atoms with Crippen LogP contribution in [0.2, 0.25) is 0 Å². The highest BCUT2D eigenvalue weighted by Crippen LogP contribution is 2.12. The van der Waals surface area contributed by atoms with E-state index in [1.807, 2.05) is 0 Å². The molecule has 1 aromatic rings. The highest BCUT2D eigenvalue weighted by atomic mass is 16.5. The smallest absolute Gasteiger partial charge is 0.343 e. The number of methoxy groups -OCH3 is 1. The summed E-state index contributed by atoms with van der Waals surface area (Å²) in [6.45, 7) is -0.263. The van der Waals surface area contributed by atoms with Crippen LogP contribution in [-0.4, -0.2) is 40.8 Å². The van der Waals surface area contributed by atoms with Crippen molar-refractivity contribution in [2.24, 2.45) is 0 Å².